The average Bonchev–Trinajstić information content (AvgIpc) is 2.75. The van der Waals surface area contributed by atoms with Crippen molar-refractivity contribution in [2.75, 3.05) is 6.54 Å². The third-order valence-corrected chi connectivity index (χ3v) is 3.44. The summed E-state index contributed by atoms with van der Waals surface area (Å²) in [5.41, 5.74) is 0.997. The summed E-state index contributed by atoms with van der Waals surface area (Å²) in [6.07, 6.45) is -0.517. The summed E-state index contributed by atoms with van der Waals surface area (Å²) in [5, 5.41) is 9.55. The van der Waals surface area contributed by atoms with Crippen molar-refractivity contribution in [3.8, 4) is 0 Å². The zero-order chi connectivity index (χ0) is 15.6. The van der Waals surface area contributed by atoms with Gasteiger partial charge >= 0.3 is 6.55 Å². The topological polar surface area (TPSA) is 41.3 Å². The molecule has 0 saturated carbocycles. The van der Waals surface area contributed by atoms with Gasteiger partial charge < -0.3 is 5.11 Å². The number of aliphatic hydroxyl groups is 1. The number of hydrogen-bond acceptors (Lipinski definition) is 3. The van der Waals surface area contributed by atoms with Gasteiger partial charge in [-0.3, -0.25) is 9.47 Å². The van der Waals surface area contributed by atoms with Gasteiger partial charge in [0.25, 0.3) is 0 Å². The Balaban J connectivity index is 2.38. The van der Waals surface area contributed by atoms with Gasteiger partial charge in [0, 0.05) is 12.6 Å². The molecule has 0 radical (unpaired) electrons. The molecular formula is C15H21F2N3O. The first-order valence-electron chi connectivity index (χ1n) is 7.06. The molecule has 1 N–H and O–H groups in total. The third kappa shape index (κ3) is 3.57. The van der Waals surface area contributed by atoms with Crippen LogP contribution in [-0.4, -0.2) is 38.2 Å². The Morgan fingerprint density at radius 1 is 1.24 bits per heavy atom. The minimum atomic E-state index is -2.63. The van der Waals surface area contributed by atoms with Crippen molar-refractivity contribution in [1.82, 2.24) is 14.5 Å². The lowest BCUT2D eigenvalue weighted by Crippen LogP contribution is -2.36. The predicted octanol–water partition coefficient (Wildman–Crippen LogP) is 3.02. The molecule has 6 heteroatoms. The van der Waals surface area contributed by atoms with E-state index in [1.807, 2.05) is 18.7 Å². The van der Waals surface area contributed by atoms with Crippen molar-refractivity contribution < 1.29 is 13.9 Å². The van der Waals surface area contributed by atoms with Crippen LogP contribution in [0.1, 0.15) is 33.1 Å². The molecule has 0 fully saturated rings. The van der Waals surface area contributed by atoms with Crippen LogP contribution in [0.3, 0.4) is 0 Å². The van der Waals surface area contributed by atoms with Gasteiger partial charge in [0.05, 0.1) is 23.7 Å². The Hall–Kier alpha value is -1.53. The van der Waals surface area contributed by atoms with Crippen molar-refractivity contribution in [1.29, 1.82) is 0 Å². The SMILES string of the molecule is CC(O)CN(Cc1nc2ccccc2n1C(F)F)C(C)C. The largest absolute Gasteiger partial charge is 0.392 e. The van der Waals surface area contributed by atoms with E-state index in [0.29, 0.717) is 23.4 Å². The van der Waals surface area contributed by atoms with Crippen LogP contribution in [0.2, 0.25) is 0 Å². The molecule has 0 saturated heterocycles. The van der Waals surface area contributed by atoms with Crippen molar-refractivity contribution in [2.45, 2.75) is 46.0 Å². The van der Waals surface area contributed by atoms with Crippen molar-refractivity contribution in [3.05, 3.63) is 30.1 Å². The Bertz CT molecular complexity index is 596. The first kappa shape index (κ1) is 15.9. The van der Waals surface area contributed by atoms with Crippen LogP contribution < -0.4 is 0 Å². The Kier molecular flexibility index (Phi) is 4.90. The second kappa shape index (κ2) is 6.49. The molecule has 0 bridgehead atoms. The molecule has 1 heterocycles. The van der Waals surface area contributed by atoms with Crippen LogP contribution in [0.25, 0.3) is 11.0 Å². The molecule has 0 spiro atoms. The number of imidazole rings is 1. The number of para-hydroxylation sites is 2. The van der Waals surface area contributed by atoms with Gasteiger partial charge in [-0.25, -0.2) is 4.98 Å². The van der Waals surface area contributed by atoms with Crippen LogP contribution in [0.5, 0.6) is 0 Å². The quantitative estimate of drug-likeness (QED) is 0.891. The molecule has 1 atom stereocenters. The van der Waals surface area contributed by atoms with Crippen LogP contribution in [0.4, 0.5) is 8.78 Å². The number of aliphatic hydroxyl groups excluding tert-OH is 1. The fraction of sp³-hybridized carbons (Fsp3) is 0.533. The highest BCUT2D eigenvalue weighted by atomic mass is 19.3. The Morgan fingerprint density at radius 3 is 2.48 bits per heavy atom. The zero-order valence-corrected chi connectivity index (χ0v) is 12.5. The predicted molar refractivity (Wildman–Crippen MR) is 78.2 cm³/mol. The molecule has 0 aliphatic carbocycles. The van der Waals surface area contributed by atoms with E-state index in [4.69, 9.17) is 0 Å². The molecule has 1 aromatic heterocycles. The standard InChI is InChI=1S/C15H21F2N3O/c1-10(2)19(8-11(3)21)9-14-18-12-6-4-5-7-13(12)20(14)15(16)17/h4-7,10-11,15,21H,8-9H2,1-3H3. The molecular weight excluding hydrogens is 276 g/mol. The summed E-state index contributed by atoms with van der Waals surface area (Å²) in [6.45, 7) is 3.69. The maximum atomic E-state index is 13.4. The van der Waals surface area contributed by atoms with Crippen LogP contribution in [0.15, 0.2) is 24.3 Å². The van der Waals surface area contributed by atoms with E-state index in [-0.39, 0.29) is 12.6 Å². The van der Waals surface area contributed by atoms with E-state index in [1.54, 1.807) is 31.2 Å². The highest BCUT2D eigenvalue weighted by molar-refractivity contribution is 5.75. The molecule has 0 aliphatic rings. The van der Waals surface area contributed by atoms with Gasteiger partial charge in [0.15, 0.2) is 0 Å². The van der Waals surface area contributed by atoms with E-state index in [9.17, 15) is 13.9 Å². The van der Waals surface area contributed by atoms with Crippen LogP contribution in [0, 0.1) is 0 Å². The number of halogens is 2. The maximum absolute atomic E-state index is 13.4. The molecule has 1 unspecified atom stereocenters. The minimum absolute atomic E-state index is 0.130. The highest BCUT2D eigenvalue weighted by Crippen LogP contribution is 2.24. The van der Waals surface area contributed by atoms with Crippen molar-refractivity contribution in [3.63, 3.8) is 0 Å². The number of hydrogen-bond donors (Lipinski definition) is 1. The fourth-order valence-corrected chi connectivity index (χ4v) is 2.40. The number of benzene rings is 1. The molecule has 2 aromatic rings. The number of fused-ring (bicyclic) bond motifs is 1. The van der Waals surface area contributed by atoms with Crippen LogP contribution >= 0.6 is 0 Å². The molecule has 21 heavy (non-hydrogen) atoms. The monoisotopic (exact) mass is 297 g/mol. The van der Waals surface area contributed by atoms with Gasteiger partial charge in [-0.05, 0) is 32.9 Å². The van der Waals surface area contributed by atoms with Crippen molar-refractivity contribution in [2.24, 2.45) is 0 Å². The smallest absolute Gasteiger partial charge is 0.320 e. The van der Waals surface area contributed by atoms with E-state index >= 15 is 0 Å². The van der Waals surface area contributed by atoms with Crippen molar-refractivity contribution >= 4 is 11.0 Å². The summed E-state index contributed by atoms with van der Waals surface area (Å²) in [4.78, 5) is 6.26. The van der Waals surface area contributed by atoms with E-state index in [0.717, 1.165) is 4.57 Å². The summed E-state index contributed by atoms with van der Waals surface area (Å²) in [7, 11) is 0. The third-order valence-electron chi connectivity index (χ3n) is 3.44. The lowest BCUT2D eigenvalue weighted by Gasteiger charge is -2.27. The van der Waals surface area contributed by atoms with E-state index < -0.39 is 12.7 Å². The fourth-order valence-electron chi connectivity index (χ4n) is 2.40. The molecule has 116 valence electrons. The number of aromatic nitrogens is 2. The summed E-state index contributed by atoms with van der Waals surface area (Å²) >= 11 is 0. The minimum Gasteiger partial charge on any atom is -0.392 e. The molecule has 1 aromatic carbocycles. The Labute approximate surface area is 123 Å². The first-order chi connectivity index (χ1) is 9.90. The van der Waals surface area contributed by atoms with Crippen LogP contribution in [-0.2, 0) is 6.54 Å². The van der Waals surface area contributed by atoms with E-state index in [2.05, 4.69) is 4.98 Å². The number of alkyl halides is 2. The van der Waals surface area contributed by atoms with E-state index in [1.165, 1.54) is 0 Å². The first-order valence-corrected chi connectivity index (χ1v) is 7.06. The molecule has 2 rings (SSSR count). The normalized spacial score (nSPS) is 13.8. The zero-order valence-electron chi connectivity index (χ0n) is 12.5. The highest BCUT2D eigenvalue weighted by Gasteiger charge is 2.21. The summed E-state index contributed by atoms with van der Waals surface area (Å²) < 4.78 is 27.7. The molecule has 0 aliphatic heterocycles. The average molecular weight is 297 g/mol. The van der Waals surface area contributed by atoms with Gasteiger partial charge in [-0.15, -0.1) is 0 Å². The second-order valence-corrected chi connectivity index (χ2v) is 5.54. The Morgan fingerprint density at radius 2 is 1.90 bits per heavy atom. The van der Waals surface area contributed by atoms with Gasteiger partial charge in [0.2, 0.25) is 0 Å². The summed E-state index contributed by atoms with van der Waals surface area (Å²) in [6, 6.07) is 7.01. The maximum Gasteiger partial charge on any atom is 0.320 e. The number of nitrogens with zero attached hydrogens (tertiary/aromatic N) is 3. The van der Waals surface area contributed by atoms with Gasteiger partial charge in [0.1, 0.15) is 5.82 Å². The van der Waals surface area contributed by atoms with Gasteiger partial charge in [-0.2, -0.15) is 8.78 Å². The van der Waals surface area contributed by atoms with Gasteiger partial charge in [-0.1, -0.05) is 12.1 Å². The summed E-state index contributed by atoms with van der Waals surface area (Å²) in [5.74, 6) is 0.320. The molecule has 0 amide bonds. The lowest BCUT2D eigenvalue weighted by atomic mass is 10.2. The second-order valence-electron chi connectivity index (χ2n) is 5.54. The number of rotatable bonds is 6. The molecule has 4 nitrogen and oxygen atoms in total. The lowest BCUT2D eigenvalue weighted by molar-refractivity contribution is 0.0620.